The van der Waals surface area contributed by atoms with Crippen LogP contribution in [0.15, 0.2) is 108 Å². The number of para-hydroxylation sites is 1. The number of nitrogens with one attached hydrogen (secondary N) is 1. The molecule has 0 saturated carbocycles. The number of carbonyl (C=O) groups excluding carboxylic acids is 1. The van der Waals surface area contributed by atoms with E-state index >= 15 is 0 Å². The molecular formula is C27H32N4O6S. The summed E-state index contributed by atoms with van der Waals surface area (Å²) in [7, 11) is -1.07. The maximum Gasteiger partial charge on any atom is 0.294 e. The third-order valence-electron chi connectivity index (χ3n) is 4.42. The summed E-state index contributed by atoms with van der Waals surface area (Å²) in [5.74, 6) is 0.681. The van der Waals surface area contributed by atoms with E-state index in [2.05, 4.69) is 11.1 Å². The van der Waals surface area contributed by atoms with Crippen molar-refractivity contribution in [2.24, 2.45) is 5.73 Å². The lowest BCUT2D eigenvalue weighted by Crippen LogP contribution is -2.12. The van der Waals surface area contributed by atoms with Crippen LogP contribution >= 0.6 is 0 Å². The summed E-state index contributed by atoms with van der Waals surface area (Å²) in [5, 5.41) is 11.4. The highest BCUT2D eigenvalue weighted by Crippen LogP contribution is 2.27. The van der Waals surface area contributed by atoms with E-state index in [0.717, 1.165) is 0 Å². The van der Waals surface area contributed by atoms with Crippen LogP contribution in [0.3, 0.4) is 0 Å². The predicted octanol–water partition coefficient (Wildman–Crippen LogP) is 4.01. The Balaban J connectivity index is 0.000000306. The maximum atomic E-state index is 12.0. The van der Waals surface area contributed by atoms with Crippen molar-refractivity contribution < 1.29 is 27.6 Å². The Labute approximate surface area is 222 Å². The number of nitrogen functional groups attached to an aromatic ring is 2. The number of hydrogen-bond donors (Lipinski definition) is 6. The van der Waals surface area contributed by atoms with E-state index < -0.39 is 10.1 Å². The number of phenolic OH excluding ortho intramolecular Hbond substituents is 1. The first-order valence-electron chi connectivity index (χ1n) is 11.0. The van der Waals surface area contributed by atoms with E-state index in [1.807, 2.05) is 24.3 Å². The Morgan fingerprint density at radius 3 is 1.79 bits per heavy atom. The second kappa shape index (κ2) is 16.2. The van der Waals surface area contributed by atoms with Crippen LogP contribution in [0.5, 0.6) is 11.5 Å². The van der Waals surface area contributed by atoms with E-state index in [1.54, 1.807) is 54.6 Å². The molecule has 202 valence electrons. The summed E-state index contributed by atoms with van der Waals surface area (Å²) in [6, 6.07) is 28.3. The molecule has 0 radical (unpaired) electrons. The molecule has 11 heteroatoms. The van der Waals surface area contributed by atoms with Gasteiger partial charge in [0.2, 0.25) is 0 Å². The van der Waals surface area contributed by atoms with Crippen molar-refractivity contribution in [3.05, 3.63) is 109 Å². The van der Waals surface area contributed by atoms with Crippen LogP contribution in [0, 0.1) is 0 Å². The molecule has 0 bridgehead atoms. The van der Waals surface area contributed by atoms with Gasteiger partial charge in [0.05, 0.1) is 17.7 Å². The highest BCUT2D eigenvalue weighted by atomic mass is 32.2. The fourth-order valence-corrected chi connectivity index (χ4v) is 3.23. The van der Waals surface area contributed by atoms with Crippen molar-refractivity contribution >= 4 is 33.1 Å². The topological polar surface area (TPSA) is 191 Å². The Morgan fingerprint density at radius 1 is 0.789 bits per heavy atom. The third-order valence-corrected chi connectivity index (χ3v) is 5.27. The van der Waals surface area contributed by atoms with Crippen LogP contribution in [-0.4, -0.2) is 38.1 Å². The monoisotopic (exact) mass is 540 g/mol. The lowest BCUT2D eigenvalue weighted by Gasteiger charge is -2.10. The van der Waals surface area contributed by atoms with Gasteiger partial charge in [0.15, 0.2) is 0 Å². The number of nitrogens with two attached hydrogens (primary N) is 3. The Morgan fingerprint density at radius 2 is 1.34 bits per heavy atom. The van der Waals surface area contributed by atoms with Crippen molar-refractivity contribution in [3.63, 3.8) is 0 Å². The summed E-state index contributed by atoms with van der Waals surface area (Å²) in [5.41, 5.74) is 17.5. The molecule has 10 nitrogen and oxygen atoms in total. The summed E-state index contributed by atoms with van der Waals surface area (Å²) in [6.45, 7) is 0. The van der Waals surface area contributed by atoms with Crippen molar-refractivity contribution in [2.75, 3.05) is 30.9 Å². The lowest BCUT2D eigenvalue weighted by atomic mass is 10.2. The molecule has 0 atom stereocenters. The minimum Gasteiger partial charge on any atom is -0.508 e. The molecular weight excluding hydrogens is 508 g/mol. The normalized spacial score (nSPS) is 9.68. The van der Waals surface area contributed by atoms with Gasteiger partial charge in [-0.25, -0.2) is 0 Å². The van der Waals surface area contributed by atoms with Gasteiger partial charge in [0.25, 0.3) is 16.0 Å². The fraction of sp³-hybridized carbons (Fsp3) is 0.0741. The smallest absolute Gasteiger partial charge is 0.294 e. The number of carbonyl (C=O) groups is 1. The highest BCUT2D eigenvalue weighted by Gasteiger charge is 2.09. The number of benzene rings is 4. The average molecular weight is 541 g/mol. The SMILES string of the molecule is CN.COc1cc(N)ccc1NC(=O)c1ccccc1.Nc1cccc(S(=O)(=O)O)c1.Oc1ccccc1. The maximum absolute atomic E-state index is 12.0. The first-order chi connectivity index (χ1) is 18.1. The molecule has 0 unspecified atom stereocenters. The number of methoxy groups -OCH3 is 1. The van der Waals surface area contributed by atoms with Crippen molar-refractivity contribution in [2.45, 2.75) is 4.90 Å². The Kier molecular flexibility index (Phi) is 13.4. The van der Waals surface area contributed by atoms with Gasteiger partial charge >= 0.3 is 0 Å². The van der Waals surface area contributed by atoms with E-state index in [4.69, 9.17) is 25.9 Å². The summed E-state index contributed by atoms with van der Waals surface area (Å²) in [6.07, 6.45) is 0. The molecule has 4 aromatic rings. The van der Waals surface area contributed by atoms with Gasteiger partial charge in [0.1, 0.15) is 11.5 Å². The predicted molar refractivity (Wildman–Crippen MR) is 151 cm³/mol. The van der Waals surface area contributed by atoms with Gasteiger partial charge in [-0.05, 0) is 61.6 Å². The van der Waals surface area contributed by atoms with Crippen LogP contribution in [0.1, 0.15) is 10.4 Å². The molecule has 0 spiro atoms. The molecule has 0 fully saturated rings. The number of anilines is 3. The van der Waals surface area contributed by atoms with E-state index in [0.29, 0.717) is 34.1 Å². The Hall–Kier alpha value is -4.58. The molecule has 1 amide bonds. The second-order valence-corrected chi connectivity index (χ2v) is 8.58. The first kappa shape index (κ1) is 31.4. The largest absolute Gasteiger partial charge is 0.508 e. The molecule has 38 heavy (non-hydrogen) atoms. The molecule has 0 heterocycles. The first-order valence-corrected chi connectivity index (χ1v) is 12.5. The van der Waals surface area contributed by atoms with Gasteiger partial charge in [-0.15, -0.1) is 0 Å². The quantitative estimate of drug-likeness (QED) is 0.164. The van der Waals surface area contributed by atoms with Crippen LogP contribution in [-0.2, 0) is 10.1 Å². The second-order valence-electron chi connectivity index (χ2n) is 7.16. The van der Waals surface area contributed by atoms with Crippen LogP contribution in [0.2, 0.25) is 0 Å². The number of hydrogen-bond acceptors (Lipinski definition) is 8. The van der Waals surface area contributed by atoms with Gasteiger partial charge in [0, 0.05) is 23.0 Å². The van der Waals surface area contributed by atoms with Gasteiger partial charge < -0.3 is 32.4 Å². The molecule has 9 N–H and O–H groups in total. The number of rotatable bonds is 4. The number of ether oxygens (including phenoxy) is 1. The highest BCUT2D eigenvalue weighted by molar-refractivity contribution is 7.85. The summed E-state index contributed by atoms with van der Waals surface area (Å²) >= 11 is 0. The lowest BCUT2D eigenvalue weighted by molar-refractivity contribution is 0.102. The molecule has 0 saturated heterocycles. The minimum absolute atomic E-state index is 0.182. The third kappa shape index (κ3) is 11.4. The zero-order valence-corrected chi connectivity index (χ0v) is 21.8. The molecule has 0 aromatic heterocycles. The molecule has 4 rings (SSSR count). The van der Waals surface area contributed by atoms with E-state index in [9.17, 15) is 13.2 Å². The van der Waals surface area contributed by atoms with Crippen molar-refractivity contribution in [1.82, 2.24) is 0 Å². The Bertz CT molecular complexity index is 1370. The minimum atomic E-state index is -4.11. The fourth-order valence-electron chi connectivity index (χ4n) is 2.70. The van der Waals surface area contributed by atoms with Gasteiger partial charge in [-0.3, -0.25) is 9.35 Å². The standard InChI is InChI=1S/C14H14N2O2.C6H7NO3S.C6H6O.CH5N/c1-18-13-9-11(15)7-8-12(13)16-14(17)10-5-3-2-4-6-10;7-5-2-1-3-6(4-5)11(8,9)10;7-6-4-2-1-3-5-6;1-2/h2-9H,15H2,1H3,(H,16,17);1-4H,7H2,(H,8,9,10);1-5,7H;2H2,1H3. The number of amides is 1. The average Bonchev–Trinajstić information content (AvgIpc) is 2.92. The molecule has 0 aliphatic carbocycles. The van der Waals surface area contributed by atoms with Crippen molar-refractivity contribution in [3.8, 4) is 11.5 Å². The zero-order valence-electron chi connectivity index (χ0n) is 21.0. The number of phenols is 1. The van der Waals surface area contributed by atoms with E-state index in [1.165, 1.54) is 38.4 Å². The van der Waals surface area contributed by atoms with Gasteiger partial charge in [-0.1, -0.05) is 42.5 Å². The van der Waals surface area contributed by atoms with Crippen LogP contribution in [0.4, 0.5) is 17.1 Å². The van der Waals surface area contributed by atoms with Crippen LogP contribution in [0.25, 0.3) is 0 Å². The summed E-state index contributed by atoms with van der Waals surface area (Å²) in [4.78, 5) is 11.8. The van der Waals surface area contributed by atoms with E-state index in [-0.39, 0.29) is 10.8 Å². The molecule has 0 aliphatic heterocycles. The van der Waals surface area contributed by atoms with Crippen LogP contribution < -0.4 is 27.3 Å². The van der Waals surface area contributed by atoms with Gasteiger partial charge in [-0.2, -0.15) is 8.42 Å². The molecule has 4 aromatic carbocycles. The van der Waals surface area contributed by atoms with Crippen molar-refractivity contribution in [1.29, 1.82) is 0 Å². The molecule has 0 aliphatic rings. The zero-order chi connectivity index (χ0) is 28.6. The number of aromatic hydroxyl groups is 1. The summed E-state index contributed by atoms with van der Waals surface area (Å²) < 4.78 is 34.7.